The Morgan fingerprint density at radius 3 is 2.56 bits per heavy atom. The van der Waals surface area contributed by atoms with Gasteiger partial charge in [0.2, 0.25) is 0 Å². The smallest absolute Gasteiger partial charge is 0.308 e. The predicted molar refractivity (Wildman–Crippen MR) is 104 cm³/mol. The molecule has 4 rings (SSSR count). The number of carboxylic acid groups (broad SMARTS) is 1. The normalized spacial score (nSPS) is 17.2. The summed E-state index contributed by atoms with van der Waals surface area (Å²) in [6.45, 7) is 1.58. The molecule has 1 aliphatic rings. The van der Waals surface area contributed by atoms with Crippen molar-refractivity contribution in [3.8, 4) is 0 Å². The molecule has 27 heavy (non-hydrogen) atoms. The molecule has 1 aliphatic heterocycles. The van der Waals surface area contributed by atoms with Crippen molar-refractivity contribution < 1.29 is 14.7 Å². The van der Waals surface area contributed by atoms with E-state index in [1.165, 1.54) is 5.56 Å². The summed E-state index contributed by atoms with van der Waals surface area (Å²) in [6, 6.07) is 18.0. The second kappa shape index (κ2) is 7.27. The number of carboxylic acids is 1. The van der Waals surface area contributed by atoms with Crippen molar-refractivity contribution in [1.82, 2.24) is 9.47 Å². The van der Waals surface area contributed by atoms with Crippen molar-refractivity contribution in [1.29, 1.82) is 0 Å². The van der Waals surface area contributed by atoms with Gasteiger partial charge in [-0.25, -0.2) is 0 Å². The number of hydrogen-bond donors (Lipinski definition) is 1. The molecule has 0 radical (unpaired) electrons. The van der Waals surface area contributed by atoms with Crippen LogP contribution in [0.3, 0.4) is 0 Å². The Bertz CT molecular complexity index is 978. The number of rotatable bonds is 4. The number of para-hydroxylation sites is 1. The maximum absolute atomic E-state index is 13.2. The third kappa shape index (κ3) is 3.45. The van der Waals surface area contributed by atoms with Crippen molar-refractivity contribution in [2.45, 2.75) is 19.4 Å². The first-order valence-electron chi connectivity index (χ1n) is 9.27. The van der Waals surface area contributed by atoms with E-state index in [1.54, 1.807) is 4.90 Å². The van der Waals surface area contributed by atoms with Gasteiger partial charge < -0.3 is 14.6 Å². The van der Waals surface area contributed by atoms with Crippen molar-refractivity contribution in [2.24, 2.45) is 5.92 Å². The highest BCUT2D eigenvalue weighted by atomic mass is 16.4. The number of fused-ring (bicyclic) bond motifs is 1. The standard InChI is InChI=1S/C22H22N2O3/c25-21(23-12-6-9-17(14-23)22(26)27)19-15-24(13-16-7-2-1-3-8-16)20-11-5-4-10-18(19)20/h1-5,7-8,10-11,15,17H,6,9,12-14H2,(H,26,27)/t17-/m0/s1. The minimum absolute atomic E-state index is 0.0797. The van der Waals surface area contributed by atoms with E-state index in [-0.39, 0.29) is 12.5 Å². The lowest BCUT2D eigenvalue weighted by molar-refractivity contribution is -0.143. The average Bonchev–Trinajstić information content (AvgIpc) is 3.07. The number of carbonyl (C=O) groups is 2. The molecule has 5 nitrogen and oxygen atoms in total. The van der Waals surface area contributed by atoms with Crippen LogP contribution in [0, 0.1) is 5.92 Å². The summed E-state index contributed by atoms with van der Waals surface area (Å²) >= 11 is 0. The van der Waals surface area contributed by atoms with Gasteiger partial charge in [-0.3, -0.25) is 9.59 Å². The SMILES string of the molecule is O=C(O)[C@H]1CCCN(C(=O)c2cn(Cc3ccccc3)c3ccccc23)C1. The highest BCUT2D eigenvalue weighted by Crippen LogP contribution is 2.26. The lowest BCUT2D eigenvalue weighted by Crippen LogP contribution is -2.42. The lowest BCUT2D eigenvalue weighted by atomic mass is 9.97. The first-order chi connectivity index (χ1) is 13.1. The summed E-state index contributed by atoms with van der Waals surface area (Å²) in [7, 11) is 0. The summed E-state index contributed by atoms with van der Waals surface area (Å²) in [5.74, 6) is -1.37. The van der Waals surface area contributed by atoms with Gasteiger partial charge in [0.1, 0.15) is 0 Å². The van der Waals surface area contributed by atoms with Crippen LogP contribution in [-0.4, -0.2) is 39.5 Å². The first-order valence-corrected chi connectivity index (χ1v) is 9.27. The Hall–Kier alpha value is -3.08. The minimum Gasteiger partial charge on any atom is -0.481 e. The van der Waals surface area contributed by atoms with Gasteiger partial charge in [0.05, 0.1) is 11.5 Å². The van der Waals surface area contributed by atoms with Crippen LogP contribution >= 0.6 is 0 Å². The van der Waals surface area contributed by atoms with Gasteiger partial charge in [0.25, 0.3) is 5.91 Å². The number of carbonyl (C=O) groups excluding carboxylic acids is 1. The van der Waals surface area contributed by atoms with E-state index in [0.29, 0.717) is 25.1 Å². The van der Waals surface area contributed by atoms with E-state index in [0.717, 1.165) is 17.3 Å². The third-order valence-electron chi connectivity index (χ3n) is 5.27. The molecule has 0 unspecified atom stereocenters. The van der Waals surface area contributed by atoms with Crippen LogP contribution in [0.25, 0.3) is 10.9 Å². The number of aliphatic carboxylic acids is 1. The fourth-order valence-electron chi connectivity index (χ4n) is 3.86. The van der Waals surface area contributed by atoms with Gasteiger partial charge in [-0.15, -0.1) is 0 Å². The molecule has 5 heteroatoms. The second-order valence-corrected chi connectivity index (χ2v) is 7.10. The summed E-state index contributed by atoms with van der Waals surface area (Å²) < 4.78 is 2.09. The van der Waals surface area contributed by atoms with Gasteiger partial charge >= 0.3 is 5.97 Å². The van der Waals surface area contributed by atoms with E-state index < -0.39 is 11.9 Å². The van der Waals surface area contributed by atoms with Crippen LogP contribution in [0.4, 0.5) is 0 Å². The molecular formula is C22H22N2O3. The summed E-state index contributed by atoms with van der Waals surface area (Å²) in [5.41, 5.74) is 2.82. The van der Waals surface area contributed by atoms with E-state index in [2.05, 4.69) is 16.7 Å². The first kappa shape index (κ1) is 17.3. The summed E-state index contributed by atoms with van der Waals surface area (Å²) in [5, 5.41) is 10.2. The molecule has 0 spiro atoms. The molecule has 2 heterocycles. The molecule has 1 amide bonds. The monoisotopic (exact) mass is 362 g/mol. The van der Waals surface area contributed by atoms with E-state index >= 15 is 0 Å². The van der Waals surface area contributed by atoms with E-state index in [1.807, 2.05) is 48.7 Å². The molecule has 0 bridgehead atoms. The maximum atomic E-state index is 13.2. The van der Waals surface area contributed by atoms with Gasteiger partial charge in [-0.1, -0.05) is 48.5 Å². The van der Waals surface area contributed by atoms with Gasteiger partial charge in [0.15, 0.2) is 0 Å². The van der Waals surface area contributed by atoms with Crippen molar-refractivity contribution in [3.63, 3.8) is 0 Å². The molecule has 1 aromatic heterocycles. The zero-order valence-electron chi connectivity index (χ0n) is 15.0. The quantitative estimate of drug-likeness (QED) is 0.771. The maximum Gasteiger partial charge on any atom is 0.308 e. The van der Waals surface area contributed by atoms with Crippen LogP contribution < -0.4 is 0 Å². The minimum atomic E-state index is -0.820. The van der Waals surface area contributed by atoms with Gasteiger partial charge in [0, 0.05) is 36.7 Å². The molecule has 0 saturated carbocycles. The van der Waals surface area contributed by atoms with Crippen LogP contribution in [0.1, 0.15) is 28.8 Å². The molecule has 1 atom stereocenters. The summed E-state index contributed by atoms with van der Waals surface area (Å²) in [4.78, 5) is 26.2. The average molecular weight is 362 g/mol. The molecular weight excluding hydrogens is 340 g/mol. The van der Waals surface area contributed by atoms with Crippen LogP contribution in [0.15, 0.2) is 60.8 Å². The van der Waals surface area contributed by atoms with Gasteiger partial charge in [-0.2, -0.15) is 0 Å². The number of likely N-dealkylation sites (tertiary alicyclic amines) is 1. The molecule has 3 aromatic rings. The van der Waals surface area contributed by atoms with E-state index in [9.17, 15) is 14.7 Å². The van der Waals surface area contributed by atoms with Crippen LogP contribution in [0.5, 0.6) is 0 Å². The highest BCUT2D eigenvalue weighted by Gasteiger charge is 2.30. The Morgan fingerprint density at radius 1 is 1.04 bits per heavy atom. The Labute approximate surface area is 157 Å². The predicted octanol–water partition coefficient (Wildman–Crippen LogP) is 3.63. The third-order valence-corrected chi connectivity index (χ3v) is 5.27. The molecule has 1 N–H and O–H groups in total. The van der Waals surface area contributed by atoms with Crippen molar-refractivity contribution >= 4 is 22.8 Å². The number of aromatic nitrogens is 1. The number of hydrogen-bond acceptors (Lipinski definition) is 2. The van der Waals surface area contributed by atoms with Crippen LogP contribution in [0.2, 0.25) is 0 Å². The molecule has 138 valence electrons. The fourth-order valence-corrected chi connectivity index (χ4v) is 3.86. The van der Waals surface area contributed by atoms with E-state index in [4.69, 9.17) is 0 Å². The lowest BCUT2D eigenvalue weighted by Gasteiger charge is -2.30. The Kier molecular flexibility index (Phi) is 4.67. The number of nitrogens with zero attached hydrogens (tertiary/aromatic N) is 2. The number of piperidine rings is 1. The highest BCUT2D eigenvalue weighted by molar-refractivity contribution is 6.07. The molecule has 0 aliphatic carbocycles. The zero-order valence-corrected chi connectivity index (χ0v) is 15.0. The second-order valence-electron chi connectivity index (χ2n) is 7.10. The van der Waals surface area contributed by atoms with Crippen molar-refractivity contribution in [3.05, 3.63) is 71.9 Å². The Morgan fingerprint density at radius 2 is 1.78 bits per heavy atom. The Balaban J connectivity index is 1.67. The van der Waals surface area contributed by atoms with Crippen LogP contribution in [-0.2, 0) is 11.3 Å². The molecule has 1 saturated heterocycles. The van der Waals surface area contributed by atoms with Crippen molar-refractivity contribution in [2.75, 3.05) is 13.1 Å². The topological polar surface area (TPSA) is 62.5 Å². The number of benzene rings is 2. The summed E-state index contributed by atoms with van der Waals surface area (Å²) in [6.07, 6.45) is 3.27. The zero-order chi connectivity index (χ0) is 18.8. The van der Waals surface area contributed by atoms with Gasteiger partial charge in [-0.05, 0) is 24.5 Å². The molecule has 1 fully saturated rings. The number of amides is 1. The molecule has 2 aromatic carbocycles. The largest absolute Gasteiger partial charge is 0.481 e. The fraction of sp³-hybridized carbons (Fsp3) is 0.273.